The topological polar surface area (TPSA) is 67.9 Å². The highest BCUT2D eigenvalue weighted by Gasteiger charge is 2.32. The normalized spacial score (nSPS) is 20.0. The van der Waals surface area contributed by atoms with Gasteiger partial charge in [-0.25, -0.2) is 14.4 Å². The lowest BCUT2D eigenvalue weighted by Crippen LogP contribution is -2.34. The summed E-state index contributed by atoms with van der Waals surface area (Å²) in [5.74, 6) is 2.29. The molecule has 0 bridgehead atoms. The van der Waals surface area contributed by atoms with Crippen molar-refractivity contribution in [1.82, 2.24) is 20.2 Å². The van der Waals surface area contributed by atoms with E-state index >= 15 is 0 Å². The monoisotopic (exact) mass is 289 g/mol. The Kier molecular flexibility index (Phi) is 3.05. The summed E-state index contributed by atoms with van der Waals surface area (Å²) in [6, 6.07) is 0. The third-order valence-electron chi connectivity index (χ3n) is 4.17. The number of nitrogens with zero attached hydrogens (tertiary/aromatic N) is 5. The molecule has 1 aliphatic heterocycles. The number of aromatic nitrogens is 4. The average Bonchev–Trinajstić information content (AvgIpc) is 3.26. The van der Waals surface area contributed by atoms with Crippen LogP contribution in [-0.2, 0) is 0 Å². The Morgan fingerprint density at radius 3 is 2.33 bits per heavy atom. The Hall–Kier alpha value is -2.05. The standard InChI is InChI=1S/C14H16FN5O/c15-11-7-16-8-17-12(11)20-5-3-10(4-6-20)14-19-18-13(21-14)9-1-2-9/h7-10H,1-6H2. The van der Waals surface area contributed by atoms with Crippen molar-refractivity contribution in [2.75, 3.05) is 18.0 Å². The fourth-order valence-corrected chi connectivity index (χ4v) is 2.78. The number of anilines is 1. The van der Waals surface area contributed by atoms with Gasteiger partial charge < -0.3 is 9.32 Å². The molecule has 0 unspecified atom stereocenters. The van der Waals surface area contributed by atoms with Crippen molar-refractivity contribution < 1.29 is 8.81 Å². The number of hydrogen-bond donors (Lipinski definition) is 0. The molecule has 4 rings (SSSR count). The molecule has 1 saturated carbocycles. The second-order valence-corrected chi connectivity index (χ2v) is 5.71. The zero-order valence-corrected chi connectivity index (χ0v) is 11.6. The van der Waals surface area contributed by atoms with Crippen LogP contribution in [0.15, 0.2) is 16.9 Å². The van der Waals surface area contributed by atoms with Crippen LogP contribution in [0.1, 0.15) is 49.3 Å². The molecule has 2 fully saturated rings. The quantitative estimate of drug-likeness (QED) is 0.863. The van der Waals surface area contributed by atoms with Gasteiger partial charge in [0.15, 0.2) is 11.6 Å². The highest BCUT2D eigenvalue weighted by Crippen LogP contribution is 2.40. The molecule has 2 aromatic rings. The summed E-state index contributed by atoms with van der Waals surface area (Å²) in [6.07, 6.45) is 6.64. The first-order valence-electron chi connectivity index (χ1n) is 7.35. The predicted molar refractivity (Wildman–Crippen MR) is 72.5 cm³/mol. The first-order valence-corrected chi connectivity index (χ1v) is 7.35. The van der Waals surface area contributed by atoms with Gasteiger partial charge in [0.2, 0.25) is 11.8 Å². The van der Waals surface area contributed by atoms with Crippen molar-refractivity contribution >= 4 is 5.82 Å². The van der Waals surface area contributed by atoms with Gasteiger partial charge in [-0.1, -0.05) is 0 Å². The van der Waals surface area contributed by atoms with Crippen molar-refractivity contribution in [3.63, 3.8) is 0 Å². The molecule has 7 heteroatoms. The van der Waals surface area contributed by atoms with Crippen LogP contribution < -0.4 is 4.90 Å². The lowest BCUT2D eigenvalue weighted by atomic mass is 9.97. The molecule has 0 atom stereocenters. The zero-order chi connectivity index (χ0) is 14.2. The molecule has 1 saturated heterocycles. The van der Waals surface area contributed by atoms with E-state index in [9.17, 15) is 4.39 Å². The van der Waals surface area contributed by atoms with E-state index in [1.165, 1.54) is 12.5 Å². The third-order valence-corrected chi connectivity index (χ3v) is 4.17. The predicted octanol–water partition coefficient (Wildman–Crippen LogP) is 2.26. The Morgan fingerprint density at radius 1 is 1.05 bits per heavy atom. The molecule has 6 nitrogen and oxygen atoms in total. The first kappa shape index (κ1) is 12.7. The van der Waals surface area contributed by atoms with Crippen molar-refractivity contribution in [1.29, 1.82) is 0 Å². The summed E-state index contributed by atoms with van der Waals surface area (Å²) in [5.41, 5.74) is 0. The molecule has 0 aromatic carbocycles. The summed E-state index contributed by atoms with van der Waals surface area (Å²) < 4.78 is 19.5. The van der Waals surface area contributed by atoms with Gasteiger partial charge in [-0.05, 0) is 25.7 Å². The molecule has 0 radical (unpaired) electrons. The lowest BCUT2D eigenvalue weighted by molar-refractivity contribution is 0.374. The zero-order valence-electron chi connectivity index (χ0n) is 11.6. The molecule has 2 aromatic heterocycles. The lowest BCUT2D eigenvalue weighted by Gasteiger charge is -2.31. The summed E-state index contributed by atoms with van der Waals surface area (Å²) >= 11 is 0. The molecule has 0 spiro atoms. The second kappa shape index (κ2) is 5.05. The maximum atomic E-state index is 13.7. The molecule has 1 aliphatic carbocycles. The first-order chi connectivity index (χ1) is 10.3. The summed E-state index contributed by atoms with van der Waals surface area (Å²) in [4.78, 5) is 9.66. The van der Waals surface area contributed by atoms with Gasteiger partial charge in [0.25, 0.3) is 0 Å². The molecule has 2 aliphatic rings. The smallest absolute Gasteiger partial charge is 0.219 e. The molecular formula is C14H16FN5O. The van der Waals surface area contributed by atoms with Crippen molar-refractivity contribution in [3.05, 3.63) is 30.1 Å². The van der Waals surface area contributed by atoms with E-state index in [-0.39, 0.29) is 11.7 Å². The largest absolute Gasteiger partial charge is 0.425 e. The van der Waals surface area contributed by atoms with E-state index in [0.29, 0.717) is 11.7 Å². The van der Waals surface area contributed by atoms with Gasteiger partial charge >= 0.3 is 0 Å². The van der Waals surface area contributed by atoms with Gasteiger partial charge in [-0.2, -0.15) is 0 Å². The van der Waals surface area contributed by atoms with Crippen molar-refractivity contribution in [2.45, 2.75) is 37.5 Å². The third kappa shape index (κ3) is 2.48. The molecule has 3 heterocycles. The van der Waals surface area contributed by atoms with E-state index < -0.39 is 0 Å². The Labute approximate surface area is 121 Å². The Morgan fingerprint density at radius 2 is 1.71 bits per heavy atom. The molecule has 21 heavy (non-hydrogen) atoms. The van der Waals surface area contributed by atoms with Crippen LogP contribution in [0, 0.1) is 5.82 Å². The Balaban J connectivity index is 1.43. The van der Waals surface area contributed by atoms with Crippen LogP contribution in [-0.4, -0.2) is 33.3 Å². The van der Waals surface area contributed by atoms with Gasteiger partial charge in [0.1, 0.15) is 6.33 Å². The van der Waals surface area contributed by atoms with Crippen LogP contribution in [0.2, 0.25) is 0 Å². The van der Waals surface area contributed by atoms with E-state index in [2.05, 4.69) is 20.2 Å². The van der Waals surface area contributed by atoms with Gasteiger partial charge in [0, 0.05) is 24.9 Å². The molecule has 110 valence electrons. The highest BCUT2D eigenvalue weighted by molar-refractivity contribution is 5.38. The van der Waals surface area contributed by atoms with Crippen molar-refractivity contribution in [2.24, 2.45) is 0 Å². The van der Waals surface area contributed by atoms with E-state index in [1.54, 1.807) is 0 Å². The molecular weight excluding hydrogens is 273 g/mol. The molecule has 0 N–H and O–H groups in total. The van der Waals surface area contributed by atoms with Crippen LogP contribution in [0.4, 0.5) is 10.2 Å². The van der Waals surface area contributed by atoms with Gasteiger partial charge in [-0.15, -0.1) is 10.2 Å². The fraction of sp³-hybridized carbons (Fsp3) is 0.571. The minimum absolute atomic E-state index is 0.270. The van der Waals surface area contributed by atoms with E-state index in [4.69, 9.17) is 4.42 Å². The number of hydrogen-bond acceptors (Lipinski definition) is 6. The second-order valence-electron chi connectivity index (χ2n) is 5.71. The number of halogens is 1. The minimum Gasteiger partial charge on any atom is -0.425 e. The molecule has 0 amide bonds. The van der Waals surface area contributed by atoms with Gasteiger partial charge in [0.05, 0.1) is 6.20 Å². The maximum absolute atomic E-state index is 13.7. The Bertz CT molecular complexity index is 634. The van der Waals surface area contributed by atoms with E-state index in [1.807, 2.05) is 4.90 Å². The number of rotatable bonds is 3. The SMILES string of the molecule is Fc1cncnc1N1CCC(c2nnc(C3CC3)o2)CC1. The van der Waals surface area contributed by atoms with Crippen LogP contribution in [0.25, 0.3) is 0 Å². The highest BCUT2D eigenvalue weighted by atomic mass is 19.1. The summed E-state index contributed by atoms with van der Waals surface area (Å²) in [7, 11) is 0. The van der Waals surface area contributed by atoms with Crippen LogP contribution in [0.5, 0.6) is 0 Å². The van der Waals surface area contributed by atoms with Gasteiger partial charge in [-0.3, -0.25) is 0 Å². The van der Waals surface area contributed by atoms with Crippen LogP contribution >= 0.6 is 0 Å². The van der Waals surface area contributed by atoms with E-state index in [0.717, 1.165) is 50.6 Å². The number of piperidine rings is 1. The summed E-state index contributed by atoms with van der Waals surface area (Å²) in [5, 5.41) is 8.32. The maximum Gasteiger partial charge on any atom is 0.219 e. The minimum atomic E-state index is -0.371. The fourth-order valence-electron chi connectivity index (χ4n) is 2.78. The van der Waals surface area contributed by atoms with Crippen LogP contribution in [0.3, 0.4) is 0 Å². The average molecular weight is 289 g/mol. The summed E-state index contributed by atoms with van der Waals surface area (Å²) in [6.45, 7) is 1.47. The van der Waals surface area contributed by atoms with Crippen molar-refractivity contribution in [3.8, 4) is 0 Å².